The number of benzene rings is 2. The van der Waals surface area contributed by atoms with E-state index in [9.17, 15) is 14.0 Å². The first-order valence-corrected chi connectivity index (χ1v) is 13.8. The maximum atomic E-state index is 14.1. The Labute approximate surface area is 235 Å². The second kappa shape index (κ2) is 9.53. The minimum Gasteiger partial charge on any atom is -0.493 e. The molecule has 7 rings (SSSR count). The SMILES string of the molecule is Cc1n[nH]c(C)c1-c1ccc(NC(=O)[C@@H](NC(=O)c2nonc2C2CC2)C2c3ccc(F)cc3OCC23CC3)cc1. The number of aromatic amines is 1. The van der Waals surface area contributed by atoms with Crippen LogP contribution in [0.3, 0.4) is 0 Å². The first-order chi connectivity index (χ1) is 19.8. The normalized spacial score (nSPS) is 19.2. The van der Waals surface area contributed by atoms with Crippen molar-refractivity contribution in [1.29, 1.82) is 0 Å². The van der Waals surface area contributed by atoms with Crippen molar-refractivity contribution in [2.24, 2.45) is 5.41 Å². The number of carbonyl (C=O) groups excluding carboxylic acids is 2. The van der Waals surface area contributed by atoms with Crippen molar-refractivity contribution in [3.63, 3.8) is 0 Å². The minimum atomic E-state index is -0.986. The molecule has 2 atom stereocenters. The molecule has 0 saturated heterocycles. The number of carbonyl (C=O) groups is 2. The molecule has 0 radical (unpaired) electrons. The molecule has 41 heavy (non-hydrogen) atoms. The van der Waals surface area contributed by atoms with Gasteiger partial charge in [-0.1, -0.05) is 23.4 Å². The topological polar surface area (TPSA) is 135 Å². The van der Waals surface area contributed by atoms with Crippen LogP contribution in [0.15, 0.2) is 47.1 Å². The minimum absolute atomic E-state index is 0.0942. The Kier molecular flexibility index (Phi) is 5.91. The number of nitrogens with zero attached hydrogens (tertiary/aromatic N) is 3. The smallest absolute Gasteiger partial charge is 0.276 e. The van der Waals surface area contributed by atoms with Crippen molar-refractivity contribution in [3.05, 3.63) is 76.6 Å². The summed E-state index contributed by atoms with van der Waals surface area (Å²) < 4.78 is 25.0. The van der Waals surface area contributed by atoms with E-state index in [1.807, 2.05) is 38.1 Å². The molecule has 2 aromatic heterocycles. The van der Waals surface area contributed by atoms with Gasteiger partial charge in [0.2, 0.25) is 5.91 Å². The van der Waals surface area contributed by atoms with E-state index in [0.717, 1.165) is 48.2 Å². The molecule has 3 heterocycles. The molecule has 3 aliphatic rings. The van der Waals surface area contributed by atoms with E-state index < -0.39 is 23.7 Å². The van der Waals surface area contributed by atoms with Crippen molar-refractivity contribution >= 4 is 17.5 Å². The van der Waals surface area contributed by atoms with E-state index in [0.29, 0.717) is 29.3 Å². The van der Waals surface area contributed by atoms with Crippen LogP contribution in [0.25, 0.3) is 11.1 Å². The van der Waals surface area contributed by atoms with E-state index in [1.54, 1.807) is 6.07 Å². The number of hydrogen-bond acceptors (Lipinski definition) is 7. The lowest BCUT2D eigenvalue weighted by molar-refractivity contribution is -0.119. The summed E-state index contributed by atoms with van der Waals surface area (Å²) in [5, 5.41) is 21.0. The van der Waals surface area contributed by atoms with Gasteiger partial charge in [-0.2, -0.15) is 5.10 Å². The molecular formula is C30H29FN6O4. The van der Waals surface area contributed by atoms with Gasteiger partial charge >= 0.3 is 0 Å². The van der Waals surface area contributed by atoms with Crippen LogP contribution in [0.4, 0.5) is 10.1 Å². The van der Waals surface area contributed by atoms with Crippen LogP contribution >= 0.6 is 0 Å². The van der Waals surface area contributed by atoms with E-state index in [1.165, 1.54) is 12.1 Å². The van der Waals surface area contributed by atoms with Gasteiger partial charge in [-0.15, -0.1) is 0 Å². The van der Waals surface area contributed by atoms with Gasteiger partial charge in [-0.05, 0) is 68.4 Å². The van der Waals surface area contributed by atoms with Crippen LogP contribution in [0.2, 0.25) is 0 Å². The number of rotatable bonds is 7. The Morgan fingerprint density at radius 2 is 1.88 bits per heavy atom. The van der Waals surface area contributed by atoms with Crippen LogP contribution in [0.1, 0.15) is 70.7 Å². The Hall–Kier alpha value is -4.54. The van der Waals surface area contributed by atoms with Gasteiger partial charge in [-0.25, -0.2) is 9.02 Å². The largest absolute Gasteiger partial charge is 0.493 e. The molecule has 10 nitrogen and oxygen atoms in total. The Morgan fingerprint density at radius 3 is 2.56 bits per heavy atom. The molecule has 4 aromatic rings. The standard InChI is InChI=1S/C30H29FN6O4/c1-15-23(16(2)35-34-15)17-5-8-20(9-6-17)32-28(38)26(33-29(39)27-25(18-3-4-18)36-41-37-27)24-21-10-7-19(31)13-22(21)40-14-30(24)11-12-30/h5-10,13,18,24,26H,3-4,11-12,14H2,1-2H3,(H,32,38)(H,33,39)(H,34,35)/t24?,26-/m0/s1. The summed E-state index contributed by atoms with van der Waals surface area (Å²) in [5.74, 6) is -1.26. The van der Waals surface area contributed by atoms with Crippen molar-refractivity contribution in [2.75, 3.05) is 11.9 Å². The van der Waals surface area contributed by atoms with Gasteiger partial charge in [0.05, 0.1) is 12.3 Å². The predicted octanol–water partition coefficient (Wildman–Crippen LogP) is 4.79. The molecule has 1 spiro atoms. The van der Waals surface area contributed by atoms with Gasteiger partial charge in [0, 0.05) is 45.8 Å². The monoisotopic (exact) mass is 556 g/mol. The highest BCUT2D eigenvalue weighted by atomic mass is 19.1. The van der Waals surface area contributed by atoms with Crippen molar-refractivity contribution in [3.8, 4) is 16.9 Å². The predicted molar refractivity (Wildman–Crippen MR) is 146 cm³/mol. The fraction of sp³-hybridized carbons (Fsp3) is 0.367. The quantitative estimate of drug-likeness (QED) is 0.298. The summed E-state index contributed by atoms with van der Waals surface area (Å²) in [6.07, 6.45) is 3.47. The van der Waals surface area contributed by atoms with Crippen LogP contribution in [-0.4, -0.2) is 45.0 Å². The number of halogens is 1. The zero-order valence-electron chi connectivity index (χ0n) is 22.7. The number of fused-ring (bicyclic) bond motifs is 1. The summed E-state index contributed by atoms with van der Waals surface area (Å²) in [6, 6.07) is 10.9. The lowest BCUT2D eigenvalue weighted by Gasteiger charge is -2.38. The average Bonchev–Trinajstić information content (AvgIpc) is 3.88. The lowest BCUT2D eigenvalue weighted by Crippen LogP contribution is -2.52. The second-order valence-corrected chi connectivity index (χ2v) is 11.4. The Morgan fingerprint density at radius 1 is 1.10 bits per heavy atom. The highest BCUT2D eigenvalue weighted by Gasteiger charge is 2.58. The summed E-state index contributed by atoms with van der Waals surface area (Å²) in [4.78, 5) is 27.6. The van der Waals surface area contributed by atoms with Crippen molar-refractivity contribution in [2.45, 2.75) is 57.4 Å². The van der Waals surface area contributed by atoms with E-state index in [2.05, 4.69) is 31.1 Å². The number of amides is 2. The average molecular weight is 557 g/mol. The molecule has 11 heteroatoms. The van der Waals surface area contributed by atoms with E-state index >= 15 is 0 Å². The van der Waals surface area contributed by atoms with Gasteiger partial charge in [-0.3, -0.25) is 14.7 Å². The van der Waals surface area contributed by atoms with Gasteiger partial charge in [0.25, 0.3) is 5.91 Å². The fourth-order valence-corrected chi connectivity index (χ4v) is 6.08. The van der Waals surface area contributed by atoms with E-state index in [-0.39, 0.29) is 22.9 Å². The number of aromatic nitrogens is 4. The number of H-pyrrole nitrogens is 1. The second-order valence-electron chi connectivity index (χ2n) is 11.4. The molecule has 0 bridgehead atoms. The van der Waals surface area contributed by atoms with Crippen LogP contribution in [-0.2, 0) is 4.79 Å². The summed E-state index contributed by atoms with van der Waals surface area (Å²) in [6.45, 7) is 4.24. The molecule has 1 aliphatic heterocycles. The maximum absolute atomic E-state index is 14.1. The summed E-state index contributed by atoms with van der Waals surface area (Å²) >= 11 is 0. The van der Waals surface area contributed by atoms with Crippen LogP contribution in [0.5, 0.6) is 5.75 Å². The van der Waals surface area contributed by atoms with Gasteiger partial charge in [0.15, 0.2) is 5.69 Å². The van der Waals surface area contributed by atoms with Crippen molar-refractivity contribution < 1.29 is 23.3 Å². The number of nitrogens with one attached hydrogen (secondary N) is 3. The third-order valence-electron chi connectivity index (χ3n) is 8.54. The van der Waals surface area contributed by atoms with Crippen molar-refractivity contribution in [1.82, 2.24) is 25.8 Å². The molecule has 3 N–H and O–H groups in total. The molecule has 2 aliphatic carbocycles. The number of ether oxygens (including phenoxy) is 1. The maximum Gasteiger partial charge on any atom is 0.276 e. The number of anilines is 1. The first-order valence-electron chi connectivity index (χ1n) is 13.8. The third-order valence-corrected chi connectivity index (χ3v) is 8.54. The number of aryl methyl sites for hydroxylation is 2. The third kappa shape index (κ3) is 4.55. The highest BCUT2D eigenvalue weighted by Crippen LogP contribution is 2.61. The molecular weight excluding hydrogens is 527 g/mol. The van der Waals surface area contributed by atoms with Crippen LogP contribution in [0, 0.1) is 25.1 Å². The lowest BCUT2D eigenvalue weighted by atomic mass is 9.75. The highest BCUT2D eigenvalue weighted by molar-refractivity contribution is 6.01. The van der Waals surface area contributed by atoms with Gasteiger partial charge < -0.3 is 15.4 Å². The first kappa shape index (κ1) is 25.4. The zero-order valence-corrected chi connectivity index (χ0v) is 22.7. The Balaban J connectivity index is 1.22. The molecule has 2 aromatic carbocycles. The zero-order chi connectivity index (χ0) is 28.3. The number of hydrogen-bond donors (Lipinski definition) is 3. The summed E-state index contributed by atoms with van der Waals surface area (Å²) in [5.41, 5.74) is 5.37. The van der Waals surface area contributed by atoms with Crippen LogP contribution < -0.4 is 15.4 Å². The molecule has 210 valence electrons. The Bertz CT molecular complexity index is 1630. The molecule has 1 unspecified atom stereocenters. The molecule has 2 fully saturated rings. The molecule has 2 amide bonds. The molecule has 2 saturated carbocycles. The summed E-state index contributed by atoms with van der Waals surface area (Å²) in [7, 11) is 0. The van der Waals surface area contributed by atoms with Gasteiger partial charge in [0.1, 0.15) is 23.3 Å². The fourth-order valence-electron chi connectivity index (χ4n) is 6.08. The van der Waals surface area contributed by atoms with E-state index in [4.69, 9.17) is 9.37 Å².